The van der Waals surface area contributed by atoms with E-state index in [1.165, 1.54) is 5.56 Å². The van der Waals surface area contributed by atoms with E-state index in [-0.39, 0.29) is 0 Å². The Labute approximate surface area is 123 Å². The number of halogens is 1. The van der Waals surface area contributed by atoms with Crippen LogP contribution in [0.15, 0.2) is 42.5 Å². The molecule has 0 aliphatic carbocycles. The molecule has 4 heteroatoms. The minimum absolute atomic E-state index is 0.415. The second kappa shape index (κ2) is 7.08. The topological polar surface area (TPSA) is 35.5 Å². The molecule has 0 atom stereocenters. The summed E-state index contributed by atoms with van der Waals surface area (Å²) < 4.78 is 10.7. The highest BCUT2D eigenvalue weighted by Crippen LogP contribution is 2.29. The molecule has 0 saturated heterocycles. The molecule has 0 aliphatic rings. The summed E-state index contributed by atoms with van der Waals surface area (Å²) in [6, 6.07) is 12.7. The molecule has 0 spiro atoms. The molecule has 2 aromatic carbocycles. The van der Waals surface area contributed by atoms with Crippen molar-refractivity contribution in [3.8, 4) is 11.5 Å². The van der Waals surface area contributed by atoms with E-state index in [1.54, 1.807) is 25.3 Å². The van der Waals surface area contributed by atoms with Crippen molar-refractivity contribution < 1.29 is 14.3 Å². The van der Waals surface area contributed by atoms with Gasteiger partial charge in [0.2, 0.25) is 0 Å². The first-order valence-corrected chi connectivity index (χ1v) is 6.61. The molecule has 2 rings (SSSR count). The fourth-order valence-electron chi connectivity index (χ4n) is 1.74. The maximum Gasteiger partial charge on any atom is 0.150 e. The van der Waals surface area contributed by atoms with Gasteiger partial charge in [-0.3, -0.25) is 4.79 Å². The normalized spacial score (nSPS) is 10.3. The summed E-state index contributed by atoms with van der Waals surface area (Å²) in [4.78, 5) is 10.6. The summed E-state index contributed by atoms with van der Waals surface area (Å²) >= 11 is 6.06. The zero-order chi connectivity index (χ0) is 14.4. The van der Waals surface area contributed by atoms with Crippen LogP contribution in [0, 0.1) is 0 Å². The highest BCUT2D eigenvalue weighted by Gasteiger charge is 2.04. The monoisotopic (exact) mass is 290 g/mol. The molecule has 0 N–H and O–H groups in total. The highest BCUT2D eigenvalue weighted by atomic mass is 35.5. The molecule has 0 fully saturated rings. The van der Waals surface area contributed by atoms with Crippen molar-refractivity contribution in [1.29, 1.82) is 0 Å². The Morgan fingerprint density at radius 2 is 1.90 bits per heavy atom. The van der Waals surface area contributed by atoms with Gasteiger partial charge in [0.1, 0.15) is 17.8 Å². The summed E-state index contributed by atoms with van der Waals surface area (Å²) in [6.45, 7) is 0.694. The molecule has 0 aromatic heterocycles. The molecule has 20 heavy (non-hydrogen) atoms. The number of hydrogen-bond acceptors (Lipinski definition) is 3. The molecule has 0 heterocycles. The number of methoxy groups -OCH3 is 1. The number of rotatable bonds is 6. The van der Waals surface area contributed by atoms with Crippen LogP contribution in [-0.2, 0) is 11.2 Å². The van der Waals surface area contributed by atoms with Gasteiger partial charge in [-0.2, -0.15) is 0 Å². The van der Waals surface area contributed by atoms with Gasteiger partial charge in [0.15, 0.2) is 0 Å². The lowest BCUT2D eigenvalue weighted by atomic mass is 10.1. The van der Waals surface area contributed by atoms with Gasteiger partial charge in [-0.15, -0.1) is 0 Å². The fourth-order valence-corrected chi connectivity index (χ4v) is 1.97. The highest BCUT2D eigenvalue weighted by molar-refractivity contribution is 6.32. The Morgan fingerprint density at radius 1 is 1.15 bits per heavy atom. The molecule has 0 bridgehead atoms. The van der Waals surface area contributed by atoms with Crippen LogP contribution in [0.4, 0.5) is 0 Å². The molecule has 0 amide bonds. The zero-order valence-corrected chi connectivity index (χ0v) is 11.9. The molecule has 2 aromatic rings. The van der Waals surface area contributed by atoms with Gasteiger partial charge >= 0.3 is 0 Å². The Balaban J connectivity index is 2.08. The third kappa shape index (κ3) is 3.83. The molecule has 0 unspecified atom stereocenters. The van der Waals surface area contributed by atoms with E-state index in [4.69, 9.17) is 21.1 Å². The number of carbonyl (C=O) groups excluding carboxylic acids is 1. The van der Waals surface area contributed by atoms with E-state index in [0.29, 0.717) is 28.7 Å². The first-order valence-electron chi connectivity index (χ1n) is 6.23. The lowest BCUT2D eigenvalue weighted by Crippen LogP contribution is -1.94. The minimum Gasteiger partial charge on any atom is -0.456 e. The number of benzene rings is 2. The van der Waals surface area contributed by atoms with E-state index in [2.05, 4.69) is 0 Å². The van der Waals surface area contributed by atoms with Crippen LogP contribution in [-0.4, -0.2) is 20.0 Å². The SMILES string of the molecule is COCCc1ccc(Oc2ccc(C=O)cc2Cl)cc1. The summed E-state index contributed by atoms with van der Waals surface area (Å²) in [5.41, 5.74) is 1.71. The standard InChI is InChI=1S/C16H15ClO3/c1-19-9-8-12-2-5-14(6-3-12)20-16-7-4-13(11-18)10-15(16)17/h2-7,10-11H,8-9H2,1H3. The summed E-state index contributed by atoms with van der Waals surface area (Å²) in [6.07, 6.45) is 1.62. The van der Waals surface area contributed by atoms with Crippen molar-refractivity contribution in [2.24, 2.45) is 0 Å². The van der Waals surface area contributed by atoms with E-state index in [0.717, 1.165) is 12.7 Å². The van der Waals surface area contributed by atoms with Crippen LogP contribution in [0.1, 0.15) is 15.9 Å². The summed E-state index contributed by atoms with van der Waals surface area (Å²) in [5, 5.41) is 0.415. The first kappa shape index (κ1) is 14.6. The van der Waals surface area contributed by atoms with Crippen molar-refractivity contribution in [1.82, 2.24) is 0 Å². The quantitative estimate of drug-likeness (QED) is 0.750. The van der Waals surface area contributed by atoms with E-state index in [9.17, 15) is 4.79 Å². The van der Waals surface area contributed by atoms with Gasteiger partial charge in [0.25, 0.3) is 0 Å². The third-order valence-electron chi connectivity index (χ3n) is 2.84. The number of hydrogen-bond donors (Lipinski definition) is 0. The maximum absolute atomic E-state index is 10.6. The van der Waals surface area contributed by atoms with Crippen LogP contribution in [0.2, 0.25) is 5.02 Å². The van der Waals surface area contributed by atoms with Crippen molar-refractivity contribution in [3.05, 3.63) is 58.6 Å². The largest absolute Gasteiger partial charge is 0.456 e. The third-order valence-corrected chi connectivity index (χ3v) is 3.13. The number of ether oxygens (including phenoxy) is 2. The van der Waals surface area contributed by atoms with Crippen LogP contribution >= 0.6 is 11.6 Å². The lowest BCUT2D eigenvalue weighted by molar-refractivity contribution is 0.112. The lowest BCUT2D eigenvalue weighted by Gasteiger charge is -2.08. The van der Waals surface area contributed by atoms with E-state index >= 15 is 0 Å². The van der Waals surface area contributed by atoms with Crippen LogP contribution in [0.25, 0.3) is 0 Å². The van der Waals surface area contributed by atoms with Crippen LogP contribution < -0.4 is 4.74 Å². The molecular formula is C16H15ClO3. The first-order chi connectivity index (χ1) is 9.72. The maximum atomic E-state index is 10.6. The molecule has 104 valence electrons. The number of aldehydes is 1. The van der Waals surface area contributed by atoms with Gasteiger partial charge in [-0.05, 0) is 42.3 Å². The minimum atomic E-state index is 0.415. The molecule has 3 nitrogen and oxygen atoms in total. The predicted molar refractivity (Wildman–Crippen MR) is 78.9 cm³/mol. The van der Waals surface area contributed by atoms with Gasteiger partial charge < -0.3 is 9.47 Å². The van der Waals surface area contributed by atoms with Crippen LogP contribution in [0.5, 0.6) is 11.5 Å². The van der Waals surface area contributed by atoms with Gasteiger partial charge in [0.05, 0.1) is 11.6 Å². The van der Waals surface area contributed by atoms with Crippen molar-refractivity contribution in [3.63, 3.8) is 0 Å². The Morgan fingerprint density at radius 3 is 2.50 bits per heavy atom. The summed E-state index contributed by atoms with van der Waals surface area (Å²) in [7, 11) is 1.68. The predicted octanol–water partition coefficient (Wildman–Crippen LogP) is 4.13. The van der Waals surface area contributed by atoms with E-state index in [1.807, 2.05) is 24.3 Å². The van der Waals surface area contributed by atoms with Gasteiger partial charge in [-0.25, -0.2) is 0 Å². The summed E-state index contributed by atoms with van der Waals surface area (Å²) in [5.74, 6) is 1.23. The van der Waals surface area contributed by atoms with Crippen molar-refractivity contribution in [2.45, 2.75) is 6.42 Å². The average Bonchev–Trinajstić information content (AvgIpc) is 2.48. The van der Waals surface area contributed by atoms with Crippen molar-refractivity contribution in [2.75, 3.05) is 13.7 Å². The second-order valence-electron chi connectivity index (χ2n) is 4.30. The van der Waals surface area contributed by atoms with Crippen molar-refractivity contribution >= 4 is 17.9 Å². The second-order valence-corrected chi connectivity index (χ2v) is 4.70. The zero-order valence-electron chi connectivity index (χ0n) is 11.1. The molecular weight excluding hydrogens is 276 g/mol. The Bertz CT molecular complexity index is 579. The Hall–Kier alpha value is -1.84. The molecule has 0 aliphatic heterocycles. The Kier molecular flexibility index (Phi) is 5.16. The smallest absolute Gasteiger partial charge is 0.150 e. The van der Waals surface area contributed by atoms with E-state index < -0.39 is 0 Å². The number of carbonyl (C=O) groups is 1. The molecule has 0 saturated carbocycles. The van der Waals surface area contributed by atoms with Gasteiger partial charge in [-0.1, -0.05) is 23.7 Å². The van der Waals surface area contributed by atoms with Crippen LogP contribution in [0.3, 0.4) is 0 Å². The fraction of sp³-hybridized carbons (Fsp3) is 0.188. The average molecular weight is 291 g/mol. The van der Waals surface area contributed by atoms with Gasteiger partial charge in [0, 0.05) is 12.7 Å². The molecule has 0 radical (unpaired) electrons.